The fourth-order valence-electron chi connectivity index (χ4n) is 5.20. The molecule has 0 unspecified atom stereocenters. The molecule has 3 heterocycles. The van der Waals surface area contributed by atoms with Crippen LogP contribution in [0.25, 0.3) is 33.1 Å². The number of hydrogen-bond acceptors (Lipinski definition) is 4. The maximum Gasteiger partial charge on any atom is 0.178 e. The van der Waals surface area contributed by atoms with Crippen LogP contribution in [0.5, 0.6) is 0 Å². The Labute approximate surface area is 196 Å². The highest BCUT2D eigenvalue weighted by Crippen LogP contribution is 2.41. The van der Waals surface area contributed by atoms with Gasteiger partial charge in [-0.3, -0.25) is 0 Å². The molecule has 4 aromatic rings. The summed E-state index contributed by atoms with van der Waals surface area (Å²) in [7, 11) is -1.09. The fraction of sp³-hybridized carbons (Fsp3) is 0.370. The van der Waals surface area contributed by atoms with Crippen molar-refractivity contribution in [1.82, 2.24) is 14.5 Å². The average molecular weight is 462 g/mol. The minimum Gasteiger partial charge on any atom is -0.322 e. The summed E-state index contributed by atoms with van der Waals surface area (Å²) in [6, 6.07) is 14.3. The maximum absolute atomic E-state index is 12.6. The number of rotatable bonds is 4. The van der Waals surface area contributed by atoms with E-state index >= 15 is 0 Å². The SMILES string of the molecule is CCS(=O)(=O)c1cccc(-c2ccc(C)c3c2c2cc(C)cnc2n3C2CCN(C)CC2)c1. The van der Waals surface area contributed by atoms with E-state index < -0.39 is 9.84 Å². The molecule has 172 valence electrons. The van der Waals surface area contributed by atoms with Crippen LogP contribution in [0.4, 0.5) is 0 Å². The lowest BCUT2D eigenvalue weighted by Crippen LogP contribution is -2.31. The third-order valence-corrected chi connectivity index (χ3v) is 8.79. The Balaban J connectivity index is 1.82. The van der Waals surface area contributed by atoms with Crippen molar-refractivity contribution in [3.63, 3.8) is 0 Å². The number of hydrogen-bond donors (Lipinski definition) is 0. The molecule has 1 aliphatic rings. The summed E-state index contributed by atoms with van der Waals surface area (Å²) in [4.78, 5) is 7.68. The molecule has 0 saturated carbocycles. The van der Waals surface area contributed by atoms with Gasteiger partial charge in [0.1, 0.15) is 5.65 Å². The summed E-state index contributed by atoms with van der Waals surface area (Å²) in [6.07, 6.45) is 4.15. The molecule has 1 fully saturated rings. The molecule has 2 aromatic carbocycles. The first-order valence-corrected chi connectivity index (χ1v) is 13.4. The minimum absolute atomic E-state index is 0.0955. The summed E-state index contributed by atoms with van der Waals surface area (Å²) < 4.78 is 27.6. The van der Waals surface area contributed by atoms with Crippen molar-refractivity contribution in [2.45, 2.75) is 44.6 Å². The van der Waals surface area contributed by atoms with Crippen LogP contribution in [0, 0.1) is 13.8 Å². The van der Waals surface area contributed by atoms with Gasteiger partial charge in [0.2, 0.25) is 0 Å². The molecule has 0 radical (unpaired) electrons. The highest BCUT2D eigenvalue weighted by Gasteiger charge is 2.26. The number of pyridine rings is 1. The van der Waals surface area contributed by atoms with Crippen LogP contribution < -0.4 is 0 Å². The minimum atomic E-state index is -3.28. The van der Waals surface area contributed by atoms with E-state index in [0.29, 0.717) is 10.9 Å². The fourth-order valence-corrected chi connectivity index (χ4v) is 6.12. The van der Waals surface area contributed by atoms with Crippen LogP contribution in [0.3, 0.4) is 0 Å². The lowest BCUT2D eigenvalue weighted by Gasteiger charge is -2.31. The topological polar surface area (TPSA) is 55.2 Å². The van der Waals surface area contributed by atoms with Crippen LogP contribution in [0.2, 0.25) is 0 Å². The van der Waals surface area contributed by atoms with E-state index in [0.717, 1.165) is 53.7 Å². The van der Waals surface area contributed by atoms with Crippen molar-refractivity contribution < 1.29 is 8.42 Å². The normalized spacial score (nSPS) is 16.1. The third-order valence-electron chi connectivity index (χ3n) is 7.06. The molecule has 5 rings (SSSR count). The zero-order valence-electron chi connectivity index (χ0n) is 19.8. The number of sulfone groups is 1. The van der Waals surface area contributed by atoms with E-state index in [1.165, 1.54) is 16.5 Å². The quantitative estimate of drug-likeness (QED) is 0.401. The van der Waals surface area contributed by atoms with Gasteiger partial charge in [-0.15, -0.1) is 0 Å². The first-order chi connectivity index (χ1) is 15.8. The first-order valence-electron chi connectivity index (χ1n) is 11.7. The van der Waals surface area contributed by atoms with E-state index in [4.69, 9.17) is 4.98 Å². The average Bonchev–Trinajstić information content (AvgIpc) is 3.15. The molecule has 5 nitrogen and oxygen atoms in total. The maximum atomic E-state index is 12.6. The van der Waals surface area contributed by atoms with Crippen LogP contribution in [0.15, 0.2) is 53.6 Å². The van der Waals surface area contributed by atoms with Crippen molar-refractivity contribution in [2.24, 2.45) is 0 Å². The van der Waals surface area contributed by atoms with Gasteiger partial charge in [0.15, 0.2) is 9.84 Å². The number of piperidine rings is 1. The number of likely N-dealkylation sites (tertiary alicyclic amines) is 1. The molecule has 0 amide bonds. The van der Waals surface area contributed by atoms with Gasteiger partial charge < -0.3 is 9.47 Å². The largest absolute Gasteiger partial charge is 0.322 e. The van der Waals surface area contributed by atoms with E-state index in [1.54, 1.807) is 13.0 Å². The highest BCUT2D eigenvalue weighted by atomic mass is 32.2. The monoisotopic (exact) mass is 461 g/mol. The van der Waals surface area contributed by atoms with E-state index in [2.05, 4.69) is 48.6 Å². The highest BCUT2D eigenvalue weighted by molar-refractivity contribution is 7.91. The molecule has 2 aromatic heterocycles. The third kappa shape index (κ3) is 3.75. The predicted molar refractivity (Wildman–Crippen MR) is 136 cm³/mol. The number of fused-ring (bicyclic) bond motifs is 3. The second-order valence-electron chi connectivity index (χ2n) is 9.37. The second-order valence-corrected chi connectivity index (χ2v) is 11.7. The van der Waals surface area contributed by atoms with Crippen molar-refractivity contribution in [3.05, 3.63) is 59.8 Å². The summed E-state index contributed by atoms with van der Waals surface area (Å²) in [6.45, 7) is 8.09. The molecule has 1 aliphatic heterocycles. The van der Waals surface area contributed by atoms with Crippen molar-refractivity contribution in [1.29, 1.82) is 0 Å². The Morgan fingerprint density at radius 3 is 2.55 bits per heavy atom. The van der Waals surface area contributed by atoms with Crippen LogP contribution in [0.1, 0.15) is 36.9 Å². The van der Waals surface area contributed by atoms with Crippen LogP contribution in [-0.4, -0.2) is 48.8 Å². The molecule has 0 atom stereocenters. The number of nitrogens with zero attached hydrogens (tertiary/aromatic N) is 3. The van der Waals surface area contributed by atoms with E-state index in [1.807, 2.05) is 24.4 Å². The second kappa shape index (κ2) is 8.26. The van der Waals surface area contributed by atoms with Crippen molar-refractivity contribution in [3.8, 4) is 11.1 Å². The lowest BCUT2D eigenvalue weighted by molar-refractivity contribution is 0.226. The Hall–Kier alpha value is -2.70. The van der Waals surface area contributed by atoms with E-state index in [-0.39, 0.29) is 5.75 Å². The van der Waals surface area contributed by atoms with Crippen LogP contribution >= 0.6 is 0 Å². The zero-order chi connectivity index (χ0) is 23.3. The van der Waals surface area contributed by atoms with Gasteiger partial charge >= 0.3 is 0 Å². The summed E-state index contributed by atoms with van der Waals surface area (Å²) in [5.41, 5.74) is 6.59. The van der Waals surface area contributed by atoms with Gasteiger partial charge in [-0.1, -0.05) is 31.2 Å². The van der Waals surface area contributed by atoms with Gasteiger partial charge in [0, 0.05) is 23.0 Å². The Bertz CT molecular complexity index is 1460. The molecule has 1 saturated heterocycles. The van der Waals surface area contributed by atoms with E-state index in [9.17, 15) is 8.42 Å². The molecule has 0 N–H and O–H groups in total. The smallest absolute Gasteiger partial charge is 0.178 e. The van der Waals surface area contributed by atoms with Gasteiger partial charge in [-0.05, 0) is 87.3 Å². The molecule has 6 heteroatoms. The lowest BCUT2D eigenvalue weighted by atomic mass is 9.97. The number of benzene rings is 2. The zero-order valence-corrected chi connectivity index (χ0v) is 20.6. The summed E-state index contributed by atoms with van der Waals surface area (Å²) >= 11 is 0. The molecule has 0 aliphatic carbocycles. The van der Waals surface area contributed by atoms with Gasteiger partial charge in [-0.2, -0.15) is 0 Å². The Kier molecular flexibility index (Phi) is 5.53. The summed E-state index contributed by atoms with van der Waals surface area (Å²) in [5, 5.41) is 2.32. The standard InChI is InChI=1S/C27H31N3O2S/c1-5-33(31,32)22-8-6-7-20(16-22)23-10-9-19(3)26-25(23)24-15-18(2)17-28-27(24)30(26)21-11-13-29(4)14-12-21/h6-10,15-17,21H,5,11-14H2,1-4H3. The van der Waals surface area contributed by atoms with Crippen LogP contribution in [-0.2, 0) is 9.84 Å². The Morgan fingerprint density at radius 1 is 1.06 bits per heavy atom. The first kappa shape index (κ1) is 22.1. The van der Waals surface area contributed by atoms with Gasteiger partial charge in [-0.25, -0.2) is 13.4 Å². The molecule has 33 heavy (non-hydrogen) atoms. The number of aromatic nitrogens is 2. The van der Waals surface area contributed by atoms with Gasteiger partial charge in [0.05, 0.1) is 16.2 Å². The van der Waals surface area contributed by atoms with Crippen molar-refractivity contribution >= 4 is 31.8 Å². The number of aryl methyl sites for hydroxylation is 2. The van der Waals surface area contributed by atoms with Gasteiger partial charge in [0.25, 0.3) is 0 Å². The molecule has 0 spiro atoms. The summed E-state index contributed by atoms with van der Waals surface area (Å²) in [5.74, 6) is 0.0955. The van der Waals surface area contributed by atoms with Crippen molar-refractivity contribution in [2.75, 3.05) is 25.9 Å². The molecular formula is C27H31N3O2S. The molecule has 0 bridgehead atoms. The molecular weight excluding hydrogens is 430 g/mol. The predicted octanol–water partition coefficient (Wildman–Crippen LogP) is 5.53. The Morgan fingerprint density at radius 2 is 1.82 bits per heavy atom.